The van der Waals surface area contributed by atoms with Crippen LogP contribution in [0.1, 0.15) is 0 Å². The summed E-state index contributed by atoms with van der Waals surface area (Å²) in [6.07, 6.45) is 2.00. The van der Waals surface area contributed by atoms with Crippen molar-refractivity contribution in [2.75, 3.05) is 0 Å². The van der Waals surface area contributed by atoms with Crippen LogP contribution in [0.3, 0.4) is 0 Å². The van der Waals surface area contributed by atoms with Crippen LogP contribution in [0.2, 0.25) is 0 Å². The lowest BCUT2D eigenvalue weighted by atomic mass is 9.87. The molecule has 9 aromatic carbocycles. The Balaban J connectivity index is 1.11. The van der Waals surface area contributed by atoms with Gasteiger partial charge in [-0.15, -0.1) is 0 Å². The lowest BCUT2D eigenvalue weighted by Crippen LogP contribution is -2.02. The molecule has 0 bridgehead atoms. The molecule has 0 fully saturated rings. The molecule has 0 atom stereocenters. The third kappa shape index (κ3) is 6.58. The molecule has 0 aliphatic rings. The van der Waals surface area contributed by atoms with Gasteiger partial charge in [-0.25, -0.2) is 15.0 Å². The van der Waals surface area contributed by atoms with E-state index in [1.165, 1.54) is 0 Å². The Morgan fingerprint density at radius 3 is 1.47 bits per heavy atom. The van der Waals surface area contributed by atoms with Gasteiger partial charge in [-0.3, -0.25) is 4.98 Å². The minimum Gasteiger partial charge on any atom is -0.455 e. The average Bonchev–Trinajstić information content (AvgIpc) is 3.98. The molecule has 0 spiro atoms. The Kier molecular flexibility index (Phi) is 9.39. The molecule has 13 aromatic rings. The molecule has 0 N–H and O–H groups in total. The van der Waals surface area contributed by atoms with Gasteiger partial charge >= 0.3 is 0 Å². The number of rotatable bonds is 8. The molecule has 0 radical (unpaired) electrons. The first-order chi connectivity index (χ1) is 33.7. The van der Waals surface area contributed by atoms with Crippen LogP contribution in [0.4, 0.5) is 0 Å². The van der Waals surface area contributed by atoms with Gasteiger partial charge in [0.25, 0.3) is 0 Å². The summed E-state index contributed by atoms with van der Waals surface area (Å²) in [5.74, 6) is 1.64. The molecule has 4 heterocycles. The summed E-state index contributed by atoms with van der Waals surface area (Å²) in [7, 11) is 0. The van der Waals surface area contributed by atoms with Gasteiger partial charge in [0.2, 0.25) is 0 Å². The topological polar surface area (TPSA) is 69.6 Å². The maximum atomic E-state index is 7.25. The summed E-state index contributed by atoms with van der Waals surface area (Å²) in [5.41, 5.74) is 15.3. The maximum absolute atomic E-state index is 7.25. The number of furan rings is 1. The van der Waals surface area contributed by atoms with Crippen LogP contribution in [0.5, 0.6) is 0 Å². The van der Waals surface area contributed by atoms with Crippen LogP contribution in [0, 0.1) is 0 Å². The van der Waals surface area contributed by atoms with Crippen molar-refractivity contribution in [3.05, 3.63) is 237 Å². The second-order valence-corrected chi connectivity index (χ2v) is 16.9. The molecule has 0 amide bonds. The molecule has 4 aromatic heterocycles. The molecule has 0 aliphatic carbocycles. The third-order valence-electron chi connectivity index (χ3n) is 12.9. The van der Waals surface area contributed by atoms with Crippen LogP contribution in [0.15, 0.2) is 241 Å². The number of pyridine rings is 1. The standard InChI is InChI=1S/C62H39N5O/c1-6-20-40(21-7-1)46-31-18-32-47(41-22-8-2-9-23-41)55(46)44-38-52(62-65-60(42-24-10-3-11-25-42)64-61(66-62)43-26-12-4-13-27-43)57(63-39-44)51-34-19-33-48-49-36-37-54-56(59(49)68-58(48)51)50-30-16-17-35-53(50)67(54)45-28-14-5-15-29-45/h1-39H. The Bertz CT molecular complexity index is 3880. The monoisotopic (exact) mass is 869 g/mol. The largest absolute Gasteiger partial charge is 0.455 e. The van der Waals surface area contributed by atoms with Crippen LogP contribution in [0.25, 0.3) is 128 Å². The molecule has 13 rings (SSSR count). The molecular formula is C62H39N5O. The Hall–Kier alpha value is -9.26. The number of hydrogen-bond acceptors (Lipinski definition) is 5. The zero-order chi connectivity index (χ0) is 45.0. The number of benzene rings is 9. The van der Waals surface area contributed by atoms with Crippen molar-refractivity contribution >= 4 is 43.7 Å². The van der Waals surface area contributed by atoms with E-state index in [2.05, 4.69) is 174 Å². The first-order valence-electron chi connectivity index (χ1n) is 22.8. The van der Waals surface area contributed by atoms with Crippen molar-refractivity contribution in [3.8, 4) is 84.5 Å². The number of para-hydroxylation sites is 3. The van der Waals surface area contributed by atoms with E-state index in [1.807, 2.05) is 66.9 Å². The van der Waals surface area contributed by atoms with Crippen LogP contribution < -0.4 is 0 Å². The van der Waals surface area contributed by atoms with E-state index in [4.69, 9.17) is 24.4 Å². The Labute approximate surface area is 392 Å². The molecule has 0 saturated carbocycles. The van der Waals surface area contributed by atoms with Crippen molar-refractivity contribution in [1.29, 1.82) is 0 Å². The maximum Gasteiger partial charge on any atom is 0.166 e. The quantitative estimate of drug-likeness (QED) is 0.152. The van der Waals surface area contributed by atoms with E-state index in [0.29, 0.717) is 23.2 Å². The molecule has 0 aliphatic heterocycles. The minimum atomic E-state index is 0.502. The first kappa shape index (κ1) is 39.1. The van der Waals surface area contributed by atoms with Gasteiger partial charge in [-0.2, -0.15) is 0 Å². The van der Waals surface area contributed by atoms with E-state index >= 15 is 0 Å². The van der Waals surface area contributed by atoms with E-state index in [1.54, 1.807) is 0 Å². The average molecular weight is 870 g/mol. The number of aromatic nitrogens is 5. The van der Waals surface area contributed by atoms with E-state index in [9.17, 15) is 0 Å². The van der Waals surface area contributed by atoms with Crippen LogP contribution in [-0.4, -0.2) is 24.5 Å². The summed E-state index contributed by atoms with van der Waals surface area (Å²) >= 11 is 0. The fourth-order valence-corrected chi connectivity index (χ4v) is 9.85. The second-order valence-electron chi connectivity index (χ2n) is 16.9. The highest BCUT2D eigenvalue weighted by Gasteiger charge is 2.25. The van der Waals surface area contributed by atoms with Gasteiger partial charge in [0, 0.05) is 55.9 Å². The summed E-state index contributed by atoms with van der Waals surface area (Å²) in [5, 5.41) is 4.22. The van der Waals surface area contributed by atoms with Gasteiger partial charge in [-0.05, 0) is 70.3 Å². The summed E-state index contributed by atoms with van der Waals surface area (Å²) < 4.78 is 9.57. The Morgan fingerprint density at radius 1 is 0.338 bits per heavy atom. The first-order valence-corrected chi connectivity index (χ1v) is 22.8. The van der Waals surface area contributed by atoms with Crippen molar-refractivity contribution < 1.29 is 4.42 Å². The summed E-state index contributed by atoms with van der Waals surface area (Å²) in [4.78, 5) is 21.2. The molecule has 0 unspecified atom stereocenters. The zero-order valence-corrected chi connectivity index (χ0v) is 36.7. The van der Waals surface area contributed by atoms with Crippen LogP contribution in [-0.2, 0) is 0 Å². The predicted octanol–water partition coefficient (Wildman–Crippen LogP) is 15.9. The van der Waals surface area contributed by atoms with Gasteiger partial charge in [0.1, 0.15) is 11.2 Å². The highest BCUT2D eigenvalue weighted by atomic mass is 16.3. The minimum absolute atomic E-state index is 0.502. The third-order valence-corrected chi connectivity index (χ3v) is 12.9. The van der Waals surface area contributed by atoms with E-state index in [0.717, 1.165) is 105 Å². The van der Waals surface area contributed by atoms with E-state index in [-0.39, 0.29) is 0 Å². The van der Waals surface area contributed by atoms with Crippen molar-refractivity contribution in [2.45, 2.75) is 0 Å². The smallest absolute Gasteiger partial charge is 0.166 e. The molecule has 68 heavy (non-hydrogen) atoms. The van der Waals surface area contributed by atoms with E-state index < -0.39 is 0 Å². The molecule has 0 saturated heterocycles. The zero-order valence-electron chi connectivity index (χ0n) is 36.7. The fourth-order valence-electron chi connectivity index (χ4n) is 9.85. The number of nitrogens with zero attached hydrogens (tertiary/aromatic N) is 5. The van der Waals surface area contributed by atoms with Crippen LogP contribution >= 0.6 is 0 Å². The normalized spacial score (nSPS) is 11.5. The fraction of sp³-hybridized carbons (Fsp3) is 0. The Morgan fingerprint density at radius 2 is 0.838 bits per heavy atom. The van der Waals surface area contributed by atoms with Crippen molar-refractivity contribution in [1.82, 2.24) is 24.5 Å². The second kappa shape index (κ2) is 16.3. The van der Waals surface area contributed by atoms with Gasteiger partial charge in [0.05, 0.1) is 22.1 Å². The van der Waals surface area contributed by atoms with Gasteiger partial charge in [-0.1, -0.05) is 188 Å². The summed E-state index contributed by atoms with van der Waals surface area (Å²) in [6, 6.07) is 79.9. The molecule has 6 heteroatoms. The lowest BCUT2D eigenvalue weighted by Gasteiger charge is -2.18. The summed E-state index contributed by atoms with van der Waals surface area (Å²) in [6.45, 7) is 0. The SMILES string of the molecule is c1ccc(-c2nc(-c3ccccc3)nc(-c3cc(-c4c(-c5ccccc5)cccc4-c4ccccc4)cnc3-c3cccc4c3oc3c4ccc4c3c3ccccc3n4-c3ccccc3)n2)cc1. The molecular weight excluding hydrogens is 831 g/mol. The number of hydrogen-bond donors (Lipinski definition) is 0. The van der Waals surface area contributed by atoms with Gasteiger partial charge in [0.15, 0.2) is 17.5 Å². The highest BCUT2D eigenvalue weighted by Crippen LogP contribution is 2.46. The van der Waals surface area contributed by atoms with Crippen molar-refractivity contribution in [2.24, 2.45) is 0 Å². The predicted molar refractivity (Wildman–Crippen MR) is 277 cm³/mol. The molecule has 318 valence electrons. The van der Waals surface area contributed by atoms with Gasteiger partial charge < -0.3 is 8.98 Å². The highest BCUT2D eigenvalue weighted by molar-refractivity contribution is 6.25. The lowest BCUT2D eigenvalue weighted by molar-refractivity contribution is 0.674. The van der Waals surface area contributed by atoms with Crippen molar-refractivity contribution in [3.63, 3.8) is 0 Å². The molecule has 6 nitrogen and oxygen atoms in total. The number of fused-ring (bicyclic) bond motifs is 7.